The van der Waals surface area contributed by atoms with Gasteiger partial charge in [0.25, 0.3) is 5.91 Å². The number of carbonyl (C=O) groups is 1. The van der Waals surface area contributed by atoms with Gasteiger partial charge in [0, 0.05) is 12.0 Å². The summed E-state index contributed by atoms with van der Waals surface area (Å²) in [4.78, 5) is 11.0. The molecular weight excluding hydrogens is 182 g/mol. The van der Waals surface area contributed by atoms with Gasteiger partial charge in [-0.1, -0.05) is 6.92 Å². The Hall–Kier alpha value is -1.36. The van der Waals surface area contributed by atoms with Gasteiger partial charge in [-0.3, -0.25) is 9.89 Å². The van der Waals surface area contributed by atoms with E-state index in [0.717, 1.165) is 24.1 Å². The van der Waals surface area contributed by atoms with Crippen LogP contribution >= 0.6 is 0 Å². The Morgan fingerprint density at radius 3 is 3.21 bits per heavy atom. The number of rotatable bonds is 2. The second-order valence-corrected chi connectivity index (χ2v) is 3.44. The van der Waals surface area contributed by atoms with E-state index in [2.05, 4.69) is 17.1 Å². The van der Waals surface area contributed by atoms with Crippen molar-refractivity contribution >= 4 is 5.91 Å². The summed E-state index contributed by atoms with van der Waals surface area (Å²) < 4.78 is 5.52. The van der Waals surface area contributed by atoms with Crippen molar-refractivity contribution in [3.63, 3.8) is 0 Å². The number of ether oxygens (including phenoxy) is 1. The van der Waals surface area contributed by atoms with Gasteiger partial charge in [0.05, 0.1) is 18.4 Å². The molecule has 0 saturated heterocycles. The van der Waals surface area contributed by atoms with Crippen LogP contribution in [0.3, 0.4) is 0 Å². The second kappa shape index (κ2) is 3.42. The first kappa shape index (κ1) is 9.21. The largest absolute Gasteiger partial charge is 0.372 e. The quantitative estimate of drug-likeness (QED) is 0.714. The normalized spacial score (nSPS) is 20.5. The van der Waals surface area contributed by atoms with Gasteiger partial charge in [-0.05, 0) is 6.42 Å². The van der Waals surface area contributed by atoms with Crippen LogP contribution in [0.1, 0.15) is 35.1 Å². The van der Waals surface area contributed by atoms with E-state index in [0.29, 0.717) is 12.3 Å². The molecular formula is C9H13N3O2. The Morgan fingerprint density at radius 2 is 2.57 bits per heavy atom. The molecule has 3 N–H and O–H groups in total. The van der Waals surface area contributed by atoms with Crippen LogP contribution in [0, 0.1) is 0 Å². The summed E-state index contributed by atoms with van der Waals surface area (Å²) in [5.74, 6) is -0.473. The summed E-state index contributed by atoms with van der Waals surface area (Å²) in [6.07, 6.45) is 1.84. The summed E-state index contributed by atoms with van der Waals surface area (Å²) in [6.45, 7) is 2.55. The maximum absolute atomic E-state index is 11.0. The van der Waals surface area contributed by atoms with Gasteiger partial charge in [-0.15, -0.1) is 0 Å². The van der Waals surface area contributed by atoms with E-state index in [1.54, 1.807) is 0 Å². The minimum absolute atomic E-state index is 0.179. The lowest BCUT2D eigenvalue weighted by Gasteiger charge is -2.21. The molecule has 0 spiro atoms. The molecule has 1 aromatic rings. The first-order chi connectivity index (χ1) is 6.72. The highest BCUT2D eigenvalue weighted by atomic mass is 16.5. The van der Waals surface area contributed by atoms with Crippen molar-refractivity contribution in [1.82, 2.24) is 10.2 Å². The molecule has 0 radical (unpaired) electrons. The van der Waals surface area contributed by atoms with Gasteiger partial charge in [0.15, 0.2) is 5.69 Å². The van der Waals surface area contributed by atoms with E-state index in [1.807, 2.05) is 0 Å². The van der Waals surface area contributed by atoms with E-state index in [-0.39, 0.29) is 6.10 Å². The minimum atomic E-state index is -0.473. The highest BCUT2D eigenvalue weighted by Gasteiger charge is 2.25. The molecule has 76 valence electrons. The van der Waals surface area contributed by atoms with Gasteiger partial charge in [0.2, 0.25) is 0 Å². The first-order valence-corrected chi connectivity index (χ1v) is 4.70. The fourth-order valence-corrected chi connectivity index (χ4v) is 1.69. The molecule has 1 aromatic heterocycles. The molecule has 0 bridgehead atoms. The van der Waals surface area contributed by atoms with E-state index in [9.17, 15) is 4.79 Å². The van der Waals surface area contributed by atoms with Crippen LogP contribution < -0.4 is 5.73 Å². The maximum atomic E-state index is 11.0. The zero-order valence-electron chi connectivity index (χ0n) is 8.04. The Kier molecular flexibility index (Phi) is 2.25. The number of hydrogen-bond acceptors (Lipinski definition) is 3. The number of fused-ring (bicyclic) bond motifs is 1. The molecule has 5 heteroatoms. The molecule has 0 aromatic carbocycles. The molecule has 2 heterocycles. The number of nitrogens with one attached hydrogen (secondary N) is 1. The van der Waals surface area contributed by atoms with Crippen LogP contribution in [0.5, 0.6) is 0 Å². The number of aromatic nitrogens is 2. The molecule has 1 amide bonds. The summed E-state index contributed by atoms with van der Waals surface area (Å²) in [6, 6.07) is 0. The number of carbonyl (C=O) groups excluding carboxylic acids is 1. The Labute approximate surface area is 81.6 Å². The fraction of sp³-hybridized carbons (Fsp3) is 0.556. The minimum Gasteiger partial charge on any atom is -0.372 e. The van der Waals surface area contributed by atoms with Crippen LogP contribution in [0.15, 0.2) is 0 Å². The van der Waals surface area contributed by atoms with Crippen LogP contribution in [-0.2, 0) is 17.8 Å². The Balaban J connectivity index is 2.32. The molecule has 14 heavy (non-hydrogen) atoms. The molecule has 1 aliphatic rings. The number of nitrogens with two attached hydrogens (primary N) is 1. The van der Waals surface area contributed by atoms with E-state index in [1.165, 1.54) is 0 Å². The Bertz CT molecular complexity index is 359. The van der Waals surface area contributed by atoms with Gasteiger partial charge in [-0.2, -0.15) is 5.10 Å². The number of aromatic amines is 1. The highest BCUT2D eigenvalue weighted by Crippen LogP contribution is 2.22. The maximum Gasteiger partial charge on any atom is 0.269 e. The van der Waals surface area contributed by atoms with Crippen molar-refractivity contribution in [3.05, 3.63) is 17.0 Å². The predicted octanol–water partition coefficient (Wildman–Crippen LogP) is 0.360. The van der Waals surface area contributed by atoms with Crippen LogP contribution in [-0.4, -0.2) is 22.2 Å². The van der Waals surface area contributed by atoms with Crippen molar-refractivity contribution in [1.29, 1.82) is 0 Å². The van der Waals surface area contributed by atoms with E-state index < -0.39 is 5.91 Å². The topological polar surface area (TPSA) is 81.0 Å². The van der Waals surface area contributed by atoms with Crippen molar-refractivity contribution in [2.24, 2.45) is 5.73 Å². The molecule has 1 aliphatic heterocycles. The van der Waals surface area contributed by atoms with Crippen LogP contribution in [0.4, 0.5) is 0 Å². The molecule has 1 unspecified atom stereocenters. The second-order valence-electron chi connectivity index (χ2n) is 3.44. The number of primary amides is 1. The predicted molar refractivity (Wildman–Crippen MR) is 49.7 cm³/mol. The molecule has 0 aliphatic carbocycles. The average Bonchev–Trinajstić information content (AvgIpc) is 2.59. The fourth-order valence-electron chi connectivity index (χ4n) is 1.69. The third kappa shape index (κ3) is 1.39. The van der Waals surface area contributed by atoms with E-state index >= 15 is 0 Å². The van der Waals surface area contributed by atoms with Crippen LogP contribution in [0.2, 0.25) is 0 Å². The monoisotopic (exact) mass is 195 g/mol. The van der Waals surface area contributed by atoms with Gasteiger partial charge >= 0.3 is 0 Å². The summed E-state index contributed by atoms with van der Waals surface area (Å²) in [7, 11) is 0. The lowest BCUT2D eigenvalue weighted by Crippen LogP contribution is -2.23. The van der Waals surface area contributed by atoms with Crippen molar-refractivity contribution < 1.29 is 9.53 Å². The van der Waals surface area contributed by atoms with Crippen molar-refractivity contribution in [2.75, 3.05) is 0 Å². The van der Waals surface area contributed by atoms with Crippen molar-refractivity contribution in [2.45, 2.75) is 32.5 Å². The first-order valence-electron chi connectivity index (χ1n) is 4.70. The number of nitrogens with zero attached hydrogens (tertiary/aromatic N) is 1. The smallest absolute Gasteiger partial charge is 0.269 e. The van der Waals surface area contributed by atoms with Gasteiger partial charge in [-0.25, -0.2) is 0 Å². The number of H-pyrrole nitrogens is 1. The standard InChI is InChI=1S/C9H13N3O2/c1-2-5-3-6-7(4-14-5)11-12-8(6)9(10)13/h5H,2-4H2,1H3,(H2,10,13)(H,11,12). The highest BCUT2D eigenvalue weighted by molar-refractivity contribution is 5.92. The zero-order chi connectivity index (χ0) is 10.1. The average molecular weight is 195 g/mol. The van der Waals surface area contributed by atoms with Gasteiger partial charge < -0.3 is 10.5 Å². The molecule has 5 nitrogen and oxygen atoms in total. The third-order valence-electron chi connectivity index (χ3n) is 2.54. The summed E-state index contributed by atoms with van der Waals surface area (Å²) in [5.41, 5.74) is 7.37. The number of hydrogen-bond donors (Lipinski definition) is 2. The lowest BCUT2D eigenvalue weighted by atomic mass is 10.0. The van der Waals surface area contributed by atoms with Gasteiger partial charge in [0.1, 0.15) is 0 Å². The van der Waals surface area contributed by atoms with E-state index in [4.69, 9.17) is 10.5 Å². The summed E-state index contributed by atoms with van der Waals surface area (Å²) >= 11 is 0. The zero-order valence-corrected chi connectivity index (χ0v) is 8.04. The molecule has 1 atom stereocenters. The molecule has 0 fully saturated rings. The SMILES string of the molecule is CCC1Cc2c(C(N)=O)n[nH]c2CO1. The van der Waals surface area contributed by atoms with Crippen LogP contribution in [0.25, 0.3) is 0 Å². The summed E-state index contributed by atoms with van der Waals surface area (Å²) in [5, 5.41) is 6.66. The third-order valence-corrected chi connectivity index (χ3v) is 2.54. The molecule has 0 saturated carbocycles. The molecule has 2 rings (SSSR count). The number of amides is 1. The Morgan fingerprint density at radius 1 is 1.79 bits per heavy atom. The van der Waals surface area contributed by atoms with Crippen molar-refractivity contribution in [3.8, 4) is 0 Å². The lowest BCUT2D eigenvalue weighted by molar-refractivity contribution is 0.0244.